The summed E-state index contributed by atoms with van der Waals surface area (Å²) in [7, 11) is 0. The topological polar surface area (TPSA) is 42.6 Å². The molecule has 6 heteroatoms. The van der Waals surface area contributed by atoms with Crippen molar-refractivity contribution < 1.29 is 0 Å². The van der Waals surface area contributed by atoms with E-state index in [9.17, 15) is 0 Å². The zero-order chi connectivity index (χ0) is 21.4. The molecule has 3 N–H and O–H groups in total. The quantitative estimate of drug-likeness (QED) is 0.629. The lowest BCUT2D eigenvalue weighted by atomic mass is 9.90. The first-order valence-electron chi connectivity index (χ1n) is 11.2. The second kappa shape index (κ2) is 8.58. The van der Waals surface area contributed by atoms with Crippen molar-refractivity contribution in [3.63, 3.8) is 0 Å². The Bertz CT molecular complexity index is 1040. The molecule has 0 saturated carbocycles. The minimum Gasteiger partial charge on any atom is -0.378 e. The smallest absolute Gasteiger partial charge is 0.0814 e. The Morgan fingerprint density at radius 2 is 2.06 bits per heavy atom. The van der Waals surface area contributed by atoms with E-state index in [1.54, 1.807) is 0 Å². The standard InChI is InChI=1S/C25H30ClN5/c1-3-30-12-9-18(10-13-30)19-7-8-22-23(15-19)24(27-21-6-4-5-20(26)16-21)11-14-31-25(22)17(2)28-29-31/h4-9,15-16,24,27-29H,3,10-14H2,1-2H3. The Balaban J connectivity index is 1.55. The van der Waals surface area contributed by atoms with E-state index < -0.39 is 0 Å². The van der Waals surface area contributed by atoms with Gasteiger partial charge in [0, 0.05) is 35.9 Å². The number of hydrogen-bond acceptors (Lipinski definition) is 5. The van der Waals surface area contributed by atoms with Crippen LogP contribution in [0.25, 0.3) is 11.3 Å². The van der Waals surface area contributed by atoms with Gasteiger partial charge in [-0.25, -0.2) is 0 Å². The minimum absolute atomic E-state index is 0.206. The Kier molecular flexibility index (Phi) is 5.65. The molecule has 0 aliphatic carbocycles. The van der Waals surface area contributed by atoms with Gasteiger partial charge in [0.05, 0.1) is 17.4 Å². The molecule has 3 aliphatic rings. The van der Waals surface area contributed by atoms with Crippen LogP contribution >= 0.6 is 11.6 Å². The Morgan fingerprint density at radius 3 is 2.84 bits per heavy atom. The van der Waals surface area contributed by atoms with Crippen LogP contribution < -0.4 is 16.3 Å². The molecule has 0 radical (unpaired) electrons. The lowest BCUT2D eigenvalue weighted by molar-refractivity contribution is 0.281. The molecule has 0 spiro atoms. The largest absolute Gasteiger partial charge is 0.378 e. The Morgan fingerprint density at radius 1 is 1.16 bits per heavy atom. The Labute approximate surface area is 189 Å². The molecule has 2 aromatic rings. The molecule has 0 amide bonds. The van der Waals surface area contributed by atoms with E-state index in [-0.39, 0.29) is 6.04 Å². The van der Waals surface area contributed by atoms with Crippen LogP contribution in [-0.4, -0.2) is 36.1 Å². The highest BCUT2D eigenvalue weighted by Crippen LogP contribution is 2.39. The molecule has 0 fully saturated rings. The van der Waals surface area contributed by atoms with E-state index in [4.69, 9.17) is 11.6 Å². The molecule has 0 aromatic heterocycles. The number of hydrazine groups is 2. The average Bonchev–Trinajstić information content (AvgIpc) is 3.08. The van der Waals surface area contributed by atoms with E-state index in [0.717, 1.165) is 55.4 Å². The van der Waals surface area contributed by atoms with Crippen molar-refractivity contribution in [2.45, 2.75) is 32.7 Å². The number of anilines is 1. The Hall–Kier alpha value is -2.47. The van der Waals surface area contributed by atoms with Crippen LogP contribution in [0.1, 0.15) is 49.4 Å². The zero-order valence-corrected chi connectivity index (χ0v) is 19.0. The number of fused-ring (bicyclic) bond motifs is 3. The van der Waals surface area contributed by atoms with E-state index in [2.05, 4.69) is 70.4 Å². The molecule has 1 unspecified atom stereocenters. The van der Waals surface area contributed by atoms with Gasteiger partial charge in [0.1, 0.15) is 0 Å². The fourth-order valence-electron chi connectivity index (χ4n) is 4.85. The first-order valence-corrected chi connectivity index (χ1v) is 11.6. The third-order valence-electron chi connectivity index (χ3n) is 6.60. The molecule has 3 aliphatic heterocycles. The van der Waals surface area contributed by atoms with Crippen molar-refractivity contribution in [2.24, 2.45) is 0 Å². The van der Waals surface area contributed by atoms with Crippen LogP contribution in [0.2, 0.25) is 5.02 Å². The molecule has 162 valence electrons. The van der Waals surface area contributed by atoms with Crippen LogP contribution in [0.15, 0.2) is 54.2 Å². The number of benzene rings is 2. The number of allylic oxidation sites excluding steroid dienone is 1. The summed E-state index contributed by atoms with van der Waals surface area (Å²) in [5.41, 5.74) is 15.5. The minimum atomic E-state index is 0.206. The van der Waals surface area contributed by atoms with Crippen LogP contribution in [0.3, 0.4) is 0 Å². The summed E-state index contributed by atoms with van der Waals surface area (Å²) in [6.07, 6.45) is 4.49. The summed E-state index contributed by atoms with van der Waals surface area (Å²) in [6.45, 7) is 8.57. The van der Waals surface area contributed by atoms with Crippen LogP contribution in [0.4, 0.5) is 5.69 Å². The van der Waals surface area contributed by atoms with Gasteiger partial charge in [-0.05, 0) is 67.3 Å². The monoisotopic (exact) mass is 435 g/mol. The van der Waals surface area contributed by atoms with E-state index in [1.165, 1.54) is 28.0 Å². The van der Waals surface area contributed by atoms with Gasteiger partial charge in [-0.15, -0.1) is 5.53 Å². The molecular formula is C25H30ClN5. The van der Waals surface area contributed by atoms with Crippen LogP contribution in [-0.2, 0) is 0 Å². The van der Waals surface area contributed by atoms with Crippen molar-refractivity contribution in [2.75, 3.05) is 31.5 Å². The van der Waals surface area contributed by atoms with Gasteiger partial charge >= 0.3 is 0 Å². The number of halogens is 1. The fourth-order valence-corrected chi connectivity index (χ4v) is 5.04. The molecule has 0 bridgehead atoms. The van der Waals surface area contributed by atoms with Gasteiger partial charge in [-0.2, -0.15) is 0 Å². The van der Waals surface area contributed by atoms with Gasteiger partial charge in [-0.3, -0.25) is 9.91 Å². The SMILES string of the molecule is CCN1CC=C(c2ccc3c(c2)C(Nc2cccc(Cl)c2)CCN2NNC(C)=C32)CC1. The second-order valence-corrected chi connectivity index (χ2v) is 8.97. The third-order valence-corrected chi connectivity index (χ3v) is 6.84. The highest BCUT2D eigenvalue weighted by molar-refractivity contribution is 6.30. The van der Waals surface area contributed by atoms with E-state index >= 15 is 0 Å². The molecule has 5 rings (SSSR count). The zero-order valence-electron chi connectivity index (χ0n) is 18.2. The molecule has 2 aromatic carbocycles. The maximum Gasteiger partial charge on any atom is 0.0814 e. The van der Waals surface area contributed by atoms with Crippen molar-refractivity contribution in [3.8, 4) is 0 Å². The lowest BCUT2D eigenvalue weighted by Gasteiger charge is -2.26. The molecule has 1 atom stereocenters. The molecule has 31 heavy (non-hydrogen) atoms. The maximum absolute atomic E-state index is 6.26. The molecule has 3 heterocycles. The predicted octanol–water partition coefficient (Wildman–Crippen LogP) is 5.02. The van der Waals surface area contributed by atoms with Crippen molar-refractivity contribution in [3.05, 3.63) is 76.0 Å². The summed E-state index contributed by atoms with van der Waals surface area (Å²) in [5.74, 6) is 0. The van der Waals surface area contributed by atoms with Crippen molar-refractivity contribution in [1.82, 2.24) is 20.9 Å². The van der Waals surface area contributed by atoms with Crippen LogP contribution in [0.5, 0.6) is 0 Å². The van der Waals surface area contributed by atoms with Gasteiger partial charge in [0.2, 0.25) is 0 Å². The average molecular weight is 436 g/mol. The van der Waals surface area contributed by atoms with E-state index in [0.29, 0.717) is 0 Å². The van der Waals surface area contributed by atoms with Crippen molar-refractivity contribution >= 4 is 28.6 Å². The first-order chi connectivity index (χ1) is 15.1. The summed E-state index contributed by atoms with van der Waals surface area (Å²) >= 11 is 6.26. The first kappa shape index (κ1) is 20.4. The maximum atomic E-state index is 6.26. The molecule has 5 nitrogen and oxygen atoms in total. The number of rotatable bonds is 4. The van der Waals surface area contributed by atoms with Crippen LogP contribution in [0, 0.1) is 0 Å². The highest BCUT2D eigenvalue weighted by atomic mass is 35.5. The number of likely N-dealkylation sites (N-methyl/N-ethyl adjacent to an activating group) is 1. The van der Waals surface area contributed by atoms with E-state index in [1.807, 2.05) is 18.2 Å². The van der Waals surface area contributed by atoms with Gasteiger partial charge in [-0.1, -0.05) is 42.8 Å². The highest BCUT2D eigenvalue weighted by Gasteiger charge is 2.30. The van der Waals surface area contributed by atoms with Crippen molar-refractivity contribution in [1.29, 1.82) is 0 Å². The van der Waals surface area contributed by atoms with Gasteiger partial charge in [0.25, 0.3) is 0 Å². The normalized spacial score (nSPS) is 21.2. The molecule has 0 saturated heterocycles. The summed E-state index contributed by atoms with van der Waals surface area (Å²) in [4.78, 5) is 2.48. The van der Waals surface area contributed by atoms with Gasteiger partial charge < -0.3 is 10.7 Å². The fraction of sp³-hybridized carbons (Fsp3) is 0.360. The molecular weight excluding hydrogens is 406 g/mol. The predicted molar refractivity (Wildman–Crippen MR) is 129 cm³/mol. The summed E-state index contributed by atoms with van der Waals surface area (Å²) in [6, 6.07) is 15.2. The second-order valence-electron chi connectivity index (χ2n) is 8.53. The third kappa shape index (κ3) is 4.05. The summed E-state index contributed by atoms with van der Waals surface area (Å²) in [5, 5.41) is 6.74. The number of hydrogen-bond donors (Lipinski definition) is 3. The number of nitrogens with zero attached hydrogens (tertiary/aromatic N) is 2. The number of nitrogens with one attached hydrogen (secondary N) is 3. The lowest BCUT2D eigenvalue weighted by Crippen LogP contribution is -2.37. The van der Waals surface area contributed by atoms with Gasteiger partial charge in [0.15, 0.2) is 0 Å². The summed E-state index contributed by atoms with van der Waals surface area (Å²) < 4.78 is 0.